The second kappa shape index (κ2) is 8.42. The van der Waals surface area contributed by atoms with Gasteiger partial charge in [0.15, 0.2) is 5.13 Å². The smallest absolute Gasteiger partial charge is 0.278 e. The van der Waals surface area contributed by atoms with Gasteiger partial charge in [-0.25, -0.2) is 4.98 Å². The summed E-state index contributed by atoms with van der Waals surface area (Å²) in [6.07, 6.45) is 1.67. The summed E-state index contributed by atoms with van der Waals surface area (Å²) in [7, 11) is 3.99. The monoisotopic (exact) mass is 379 g/mol. The summed E-state index contributed by atoms with van der Waals surface area (Å²) in [5, 5.41) is 4.94. The zero-order valence-electron chi connectivity index (χ0n) is 14.5. The molecule has 0 atom stereocenters. The third kappa shape index (κ3) is 4.18. The first-order valence-corrected chi connectivity index (χ1v) is 8.75. The Balaban J connectivity index is 0.00000225. The van der Waals surface area contributed by atoms with E-state index in [1.165, 1.54) is 0 Å². The summed E-state index contributed by atoms with van der Waals surface area (Å²) in [4.78, 5) is 21.6. The van der Waals surface area contributed by atoms with Gasteiger partial charge in [-0.2, -0.15) is 5.10 Å². The predicted molar refractivity (Wildman–Crippen MR) is 105 cm³/mol. The Morgan fingerprint density at radius 3 is 2.64 bits per heavy atom. The number of likely N-dealkylation sites (N-methyl/N-ethyl adjacent to an activating group) is 1. The van der Waals surface area contributed by atoms with Crippen molar-refractivity contribution in [2.75, 3.05) is 32.1 Å². The fraction of sp³-hybridized carbons (Fsp3) is 0.353. The molecule has 25 heavy (non-hydrogen) atoms. The fourth-order valence-corrected chi connectivity index (χ4v) is 3.45. The second-order valence-corrected chi connectivity index (χ2v) is 6.77. The van der Waals surface area contributed by atoms with Gasteiger partial charge < -0.3 is 4.90 Å². The van der Waals surface area contributed by atoms with Crippen molar-refractivity contribution in [2.24, 2.45) is 0 Å². The molecule has 0 N–H and O–H groups in total. The third-order valence-electron chi connectivity index (χ3n) is 3.76. The fourth-order valence-electron chi connectivity index (χ4n) is 2.46. The lowest BCUT2D eigenvalue weighted by atomic mass is 10.3. The molecule has 1 amide bonds. The number of nitrogens with zero attached hydrogens (tertiary/aromatic N) is 5. The number of halogens is 1. The number of aryl methyl sites for hydroxylation is 1. The normalized spacial score (nSPS) is 10.9. The maximum atomic E-state index is 13.1. The van der Waals surface area contributed by atoms with E-state index in [4.69, 9.17) is 0 Å². The van der Waals surface area contributed by atoms with E-state index in [0.717, 1.165) is 21.9 Å². The quantitative estimate of drug-likeness (QED) is 0.660. The van der Waals surface area contributed by atoms with Gasteiger partial charge in [-0.3, -0.25) is 14.4 Å². The average Bonchev–Trinajstić information content (AvgIpc) is 3.20. The minimum Gasteiger partial charge on any atom is -0.308 e. The van der Waals surface area contributed by atoms with Crippen LogP contribution in [-0.4, -0.2) is 52.8 Å². The number of carbonyl (C=O) groups is 1. The largest absolute Gasteiger partial charge is 0.308 e. The van der Waals surface area contributed by atoms with Crippen LogP contribution in [0.2, 0.25) is 0 Å². The lowest BCUT2D eigenvalue weighted by molar-refractivity contribution is 0.0975. The highest BCUT2D eigenvalue weighted by molar-refractivity contribution is 7.22. The molecule has 0 bridgehead atoms. The summed E-state index contributed by atoms with van der Waals surface area (Å²) in [6.45, 7) is 3.99. The molecule has 134 valence electrons. The molecule has 0 saturated heterocycles. The summed E-state index contributed by atoms with van der Waals surface area (Å²) in [5.74, 6) is -0.0599. The Labute approximate surface area is 157 Å². The van der Waals surface area contributed by atoms with Gasteiger partial charge in [0.2, 0.25) is 0 Å². The molecule has 6 nitrogen and oxygen atoms in total. The van der Waals surface area contributed by atoms with Gasteiger partial charge in [0, 0.05) is 25.8 Å². The summed E-state index contributed by atoms with van der Waals surface area (Å²) < 4.78 is 2.80. The first-order valence-electron chi connectivity index (χ1n) is 7.94. The zero-order valence-corrected chi connectivity index (χ0v) is 16.2. The zero-order chi connectivity index (χ0) is 17.1. The summed E-state index contributed by atoms with van der Waals surface area (Å²) in [5.41, 5.74) is 1.51. The Morgan fingerprint density at radius 1 is 1.20 bits per heavy atom. The van der Waals surface area contributed by atoms with Crippen molar-refractivity contribution in [3.8, 4) is 0 Å². The van der Waals surface area contributed by atoms with E-state index in [1.54, 1.807) is 33.2 Å². The molecule has 0 saturated carbocycles. The van der Waals surface area contributed by atoms with Crippen LogP contribution in [0.1, 0.15) is 17.4 Å². The van der Waals surface area contributed by atoms with Crippen molar-refractivity contribution in [3.63, 3.8) is 0 Å². The molecule has 8 heteroatoms. The van der Waals surface area contributed by atoms with Crippen molar-refractivity contribution in [1.82, 2.24) is 19.7 Å². The number of amides is 1. The van der Waals surface area contributed by atoms with Crippen molar-refractivity contribution >= 4 is 45.0 Å². The van der Waals surface area contributed by atoms with Crippen LogP contribution in [0.3, 0.4) is 0 Å². The van der Waals surface area contributed by atoms with Gasteiger partial charge in [-0.05, 0) is 39.2 Å². The minimum atomic E-state index is -0.0599. The molecule has 0 fully saturated rings. The molecule has 0 unspecified atom stereocenters. The van der Waals surface area contributed by atoms with Crippen LogP contribution in [0, 0.1) is 0 Å². The molecule has 0 aliphatic rings. The standard InChI is InChI=1S/C17H21N5OS.ClH/c1-4-22-14(9-10-18-22)16(23)21(12-11-20(2)3)17-19-13-7-5-6-8-15(13)24-17;/h5-10H,4,11-12H2,1-3H3;1H. The van der Waals surface area contributed by atoms with Crippen LogP contribution in [0.4, 0.5) is 5.13 Å². The van der Waals surface area contributed by atoms with Crippen molar-refractivity contribution in [1.29, 1.82) is 0 Å². The average molecular weight is 380 g/mol. The number of benzene rings is 1. The molecule has 3 rings (SSSR count). The maximum Gasteiger partial charge on any atom is 0.278 e. The van der Waals surface area contributed by atoms with E-state index in [1.807, 2.05) is 45.3 Å². The van der Waals surface area contributed by atoms with Crippen LogP contribution in [0.15, 0.2) is 36.5 Å². The second-order valence-electron chi connectivity index (χ2n) is 5.76. The molecule has 0 aliphatic heterocycles. The molecule has 0 aliphatic carbocycles. The molecule has 3 aromatic rings. The SMILES string of the molecule is CCn1nccc1C(=O)N(CCN(C)C)c1nc2ccccc2s1.Cl. The maximum absolute atomic E-state index is 13.1. The predicted octanol–water partition coefficient (Wildman–Crippen LogP) is 3.14. The number of hydrogen-bond donors (Lipinski definition) is 0. The number of aromatic nitrogens is 3. The molecule has 0 radical (unpaired) electrons. The van der Waals surface area contributed by atoms with Crippen LogP contribution < -0.4 is 4.90 Å². The molecule has 1 aromatic carbocycles. The van der Waals surface area contributed by atoms with Gasteiger partial charge in [0.1, 0.15) is 5.69 Å². The Hall–Kier alpha value is -1.96. The topological polar surface area (TPSA) is 54.3 Å². The molecule has 2 heterocycles. The van der Waals surface area contributed by atoms with Gasteiger partial charge >= 0.3 is 0 Å². The number of anilines is 1. The molecule has 0 spiro atoms. The van der Waals surface area contributed by atoms with E-state index in [-0.39, 0.29) is 18.3 Å². The summed E-state index contributed by atoms with van der Waals surface area (Å²) >= 11 is 1.54. The van der Waals surface area contributed by atoms with Gasteiger partial charge in [-0.1, -0.05) is 23.5 Å². The Kier molecular flexibility index (Phi) is 6.52. The highest BCUT2D eigenvalue weighted by atomic mass is 35.5. The van der Waals surface area contributed by atoms with E-state index >= 15 is 0 Å². The highest BCUT2D eigenvalue weighted by Gasteiger charge is 2.23. The number of carbonyl (C=O) groups excluding carboxylic acids is 1. The van der Waals surface area contributed by atoms with Crippen LogP contribution in [-0.2, 0) is 6.54 Å². The Bertz CT molecular complexity index is 811. The number of thiazole rings is 1. The van der Waals surface area contributed by atoms with E-state index < -0.39 is 0 Å². The van der Waals surface area contributed by atoms with Crippen LogP contribution in [0.25, 0.3) is 10.2 Å². The van der Waals surface area contributed by atoms with Gasteiger partial charge in [0.25, 0.3) is 5.91 Å². The van der Waals surface area contributed by atoms with Gasteiger partial charge in [0.05, 0.1) is 10.2 Å². The number of fused-ring (bicyclic) bond motifs is 1. The highest BCUT2D eigenvalue weighted by Crippen LogP contribution is 2.29. The molecular weight excluding hydrogens is 358 g/mol. The molecular formula is C17H22ClN5OS. The first kappa shape index (κ1) is 19.4. The van der Waals surface area contributed by atoms with Crippen molar-refractivity contribution in [3.05, 3.63) is 42.2 Å². The first-order chi connectivity index (χ1) is 11.6. The van der Waals surface area contributed by atoms with Gasteiger partial charge in [-0.15, -0.1) is 12.4 Å². The number of rotatable bonds is 6. The van der Waals surface area contributed by atoms with Crippen LogP contribution in [0.5, 0.6) is 0 Å². The van der Waals surface area contributed by atoms with Crippen LogP contribution >= 0.6 is 23.7 Å². The number of hydrogen-bond acceptors (Lipinski definition) is 5. The van der Waals surface area contributed by atoms with Crippen molar-refractivity contribution < 1.29 is 4.79 Å². The van der Waals surface area contributed by atoms with Crippen molar-refractivity contribution in [2.45, 2.75) is 13.5 Å². The molecule has 2 aromatic heterocycles. The third-order valence-corrected chi connectivity index (χ3v) is 4.82. The van der Waals surface area contributed by atoms with E-state index in [2.05, 4.69) is 15.0 Å². The lowest BCUT2D eigenvalue weighted by Gasteiger charge is -2.22. The Morgan fingerprint density at radius 2 is 1.96 bits per heavy atom. The summed E-state index contributed by atoms with van der Waals surface area (Å²) in [6, 6.07) is 9.72. The van der Waals surface area contributed by atoms with E-state index in [0.29, 0.717) is 18.8 Å². The lowest BCUT2D eigenvalue weighted by Crippen LogP contribution is -2.37. The number of para-hydroxylation sites is 1. The van der Waals surface area contributed by atoms with E-state index in [9.17, 15) is 4.79 Å². The minimum absolute atomic E-state index is 0.